The van der Waals surface area contributed by atoms with E-state index in [1.54, 1.807) is 31.2 Å². The average molecular weight is 285 g/mol. The molecule has 19 heavy (non-hydrogen) atoms. The Hall–Kier alpha value is -1.56. The molecule has 1 rings (SSSR count). The highest BCUT2D eigenvalue weighted by atomic mass is 32.2. The number of nitrogens with two attached hydrogens (primary N) is 1. The van der Waals surface area contributed by atoms with E-state index in [1.807, 2.05) is 0 Å². The molecule has 0 aromatic heterocycles. The first-order valence-electron chi connectivity index (χ1n) is 6.14. The largest absolute Gasteiger partial charge is 0.465 e. The quantitative estimate of drug-likeness (QED) is 0.462. The molecule has 0 saturated carbocycles. The van der Waals surface area contributed by atoms with E-state index < -0.39 is 15.8 Å². The summed E-state index contributed by atoms with van der Waals surface area (Å²) >= 11 is 0. The highest BCUT2D eigenvalue weighted by molar-refractivity contribution is 7.91. The molecule has 0 saturated heterocycles. The number of sulfone groups is 1. The van der Waals surface area contributed by atoms with Crippen LogP contribution in [-0.2, 0) is 25.8 Å². The predicted molar refractivity (Wildman–Crippen MR) is 74.5 cm³/mol. The third-order valence-corrected chi connectivity index (χ3v) is 4.48. The van der Waals surface area contributed by atoms with Crippen molar-refractivity contribution in [1.29, 1.82) is 0 Å². The van der Waals surface area contributed by atoms with Crippen LogP contribution in [0.4, 0.5) is 5.69 Å². The molecule has 0 amide bonds. The number of hydrogen-bond donors (Lipinski definition) is 1. The summed E-state index contributed by atoms with van der Waals surface area (Å²) in [6.45, 7) is 1.71. The van der Waals surface area contributed by atoms with E-state index in [2.05, 4.69) is 0 Å². The van der Waals surface area contributed by atoms with Crippen molar-refractivity contribution in [2.75, 3.05) is 23.8 Å². The molecule has 0 bridgehead atoms. The molecule has 2 N–H and O–H groups in total. The maximum atomic E-state index is 11.5. The number of hydrogen-bond acceptors (Lipinski definition) is 5. The fraction of sp³-hybridized carbons (Fsp3) is 0.462. The molecule has 0 aliphatic rings. The lowest BCUT2D eigenvalue weighted by Gasteiger charge is -2.06. The number of esters is 1. The van der Waals surface area contributed by atoms with Gasteiger partial charge in [-0.05, 0) is 18.1 Å². The second kappa shape index (κ2) is 7.13. The third-order valence-electron chi connectivity index (χ3n) is 2.69. The Bertz CT molecular complexity index is 525. The molecule has 1 aromatic carbocycles. The van der Waals surface area contributed by atoms with Crippen LogP contribution in [-0.4, -0.2) is 32.5 Å². The molecule has 0 radical (unpaired) electrons. The van der Waals surface area contributed by atoms with Crippen LogP contribution in [0.2, 0.25) is 0 Å². The molecule has 0 spiro atoms. The van der Waals surface area contributed by atoms with Gasteiger partial charge in [-0.1, -0.05) is 25.1 Å². The molecule has 0 fully saturated rings. The van der Waals surface area contributed by atoms with Crippen molar-refractivity contribution < 1.29 is 17.9 Å². The normalized spacial score (nSPS) is 11.2. The number of ether oxygens (including phenoxy) is 1. The maximum Gasteiger partial charge on any atom is 0.310 e. The molecule has 6 heteroatoms. The summed E-state index contributed by atoms with van der Waals surface area (Å²) < 4.78 is 27.4. The van der Waals surface area contributed by atoms with E-state index in [1.165, 1.54) is 0 Å². The third kappa shape index (κ3) is 5.74. The minimum absolute atomic E-state index is 0.0459. The Balaban J connectivity index is 2.31. The zero-order chi connectivity index (χ0) is 14.3. The Morgan fingerprint density at radius 3 is 2.63 bits per heavy atom. The second-order valence-corrected chi connectivity index (χ2v) is 6.66. The second-order valence-electron chi connectivity index (χ2n) is 4.19. The van der Waals surface area contributed by atoms with Crippen molar-refractivity contribution in [2.45, 2.75) is 19.8 Å². The van der Waals surface area contributed by atoms with Crippen LogP contribution in [0, 0.1) is 0 Å². The summed E-state index contributed by atoms with van der Waals surface area (Å²) in [5.74, 6) is -0.238. The monoisotopic (exact) mass is 285 g/mol. The van der Waals surface area contributed by atoms with Gasteiger partial charge in [0.25, 0.3) is 0 Å². The summed E-state index contributed by atoms with van der Waals surface area (Å²) in [5.41, 5.74) is 6.98. The summed E-state index contributed by atoms with van der Waals surface area (Å²) in [6.07, 6.45) is 0.430. The van der Waals surface area contributed by atoms with Gasteiger partial charge in [0.2, 0.25) is 0 Å². The van der Waals surface area contributed by atoms with Gasteiger partial charge in [-0.15, -0.1) is 0 Å². The minimum Gasteiger partial charge on any atom is -0.465 e. The van der Waals surface area contributed by atoms with E-state index in [4.69, 9.17) is 10.5 Å². The predicted octanol–water partition coefficient (Wildman–Crippen LogP) is 1.18. The van der Waals surface area contributed by atoms with E-state index >= 15 is 0 Å². The van der Waals surface area contributed by atoms with Gasteiger partial charge < -0.3 is 10.5 Å². The fourth-order valence-electron chi connectivity index (χ4n) is 1.51. The number of benzene rings is 1. The van der Waals surface area contributed by atoms with Crippen LogP contribution < -0.4 is 5.73 Å². The average Bonchev–Trinajstić information content (AvgIpc) is 2.38. The molecule has 0 atom stereocenters. The van der Waals surface area contributed by atoms with Gasteiger partial charge in [0.15, 0.2) is 0 Å². The fourth-order valence-corrected chi connectivity index (χ4v) is 2.36. The topological polar surface area (TPSA) is 86.5 Å². The van der Waals surface area contributed by atoms with E-state index in [0.29, 0.717) is 17.7 Å². The molecule has 0 unspecified atom stereocenters. The Labute approximate surface area is 113 Å². The van der Waals surface area contributed by atoms with Crippen LogP contribution in [0.25, 0.3) is 0 Å². The highest BCUT2D eigenvalue weighted by Gasteiger charge is 2.09. The molecule has 5 nitrogen and oxygen atoms in total. The van der Waals surface area contributed by atoms with Crippen molar-refractivity contribution in [2.24, 2.45) is 0 Å². The van der Waals surface area contributed by atoms with Gasteiger partial charge in [0.1, 0.15) is 9.84 Å². The van der Waals surface area contributed by atoms with Crippen LogP contribution >= 0.6 is 0 Å². The molecule has 0 aliphatic carbocycles. The van der Waals surface area contributed by atoms with Gasteiger partial charge in [0.05, 0.1) is 18.8 Å². The SMILES string of the molecule is CCS(=O)(=O)CCCOC(=O)Cc1ccccc1N. The van der Waals surface area contributed by atoms with Gasteiger partial charge >= 0.3 is 5.97 Å². The first-order chi connectivity index (χ1) is 8.94. The lowest BCUT2D eigenvalue weighted by atomic mass is 10.1. The first kappa shape index (κ1) is 15.5. The van der Waals surface area contributed by atoms with Crippen molar-refractivity contribution in [3.8, 4) is 0 Å². The number of anilines is 1. The molecular formula is C13H19NO4S. The molecule has 0 heterocycles. The number of nitrogen functional groups attached to an aromatic ring is 1. The van der Waals surface area contributed by atoms with Crippen molar-refractivity contribution in [1.82, 2.24) is 0 Å². The lowest BCUT2D eigenvalue weighted by Crippen LogP contribution is -2.14. The zero-order valence-corrected chi connectivity index (χ0v) is 11.8. The molecular weight excluding hydrogens is 266 g/mol. The van der Waals surface area contributed by atoms with Crippen LogP contribution in [0.1, 0.15) is 18.9 Å². The van der Waals surface area contributed by atoms with Crippen molar-refractivity contribution in [3.05, 3.63) is 29.8 Å². The van der Waals surface area contributed by atoms with E-state index in [-0.39, 0.29) is 24.5 Å². The summed E-state index contributed by atoms with van der Waals surface area (Å²) in [4.78, 5) is 11.5. The van der Waals surface area contributed by atoms with Gasteiger partial charge in [-0.2, -0.15) is 0 Å². The smallest absolute Gasteiger partial charge is 0.310 e. The minimum atomic E-state index is -2.99. The van der Waals surface area contributed by atoms with Gasteiger partial charge in [-0.25, -0.2) is 8.42 Å². The first-order valence-corrected chi connectivity index (χ1v) is 7.96. The molecule has 106 valence electrons. The van der Waals surface area contributed by atoms with Gasteiger partial charge in [-0.3, -0.25) is 4.79 Å². The van der Waals surface area contributed by atoms with Crippen molar-refractivity contribution in [3.63, 3.8) is 0 Å². The van der Waals surface area contributed by atoms with Crippen LogP contribution in [0.3, 0.4) is 0 Å². The maximum absolute atomic E-state index is 11.5. The lowest BCUT2D eigenvalue weighted by molar-refractivity contribution is -0.142. The number of carbonyl (C=O) groups is 1. The highest BCUT2D eigenvalue weighted by Crippen LogP contribution is 2.11. The van der Waals surface area contributed by atoms with Crippen LogP contribution in [0.5, 0.6) is 0 Å². The standard InChI is InChI=1S/C13H19NO4S/c1-2-19(16,17)9-5-8-18-13(15)10-11-6-3-4-7-12(11)14/h3-4,6-7H,2,5,8-10,14H2,1H3. The number of para-hydroxylation sites is 1. The zero-order valence-electron chi connectivity index (χ0n) is 11.0. The number of rotatable bonds is 7. The molecule has 0 aliphatic heterocycles. The van der Waals surface area contributed by atoms with E-state index in [0.717, 1.165) is 0 Å². The van der Waals surface area contributed by atoms with Crippen molar-refractivity contribution >= 4 is 21.5 Å². The van der Waals surface area contributed by atoms with Gasteiger partial charge in [0, 0.05) is 11.4 Å². The van der Waals surface area contributed by atoms with Crippen LogP contribution in [0.15, 0.2) is 24.3 Å². The van der Waals surface area contributed by atoms with E-state index in [9.17, 15) is 13.2 Å². The molecule has 1 aromatic rings. The summed E-state index contributed by atoms with van der Waals surface area (Å²) in [7, 11) is -2.99. The Morgan fingerprint density at radius 2 is 2.00 bits per heavy atom. The Kier molecular flexibility index (Phi) is 5.82. The summed E-state index contributed by atoms with van der Waals surface area (Å²) in [6, 6.07) is 7.07. The summed E-state index contributed by atoms with van der Waals surface area (Å²) in [5, 5.41) is 0. The number of carbonyl (C=O) groups excluding carboxylic acids is 1. The Morgan fingerprint density at radius 1 is 1.32 bits per heavy atom.